The summed E-state index contributed by atoms with van der Waals surface area (Å²) in [5, 5.41) is 0.501. The maximum absolute atomic E-state index is 13.8. The van der Waals surface area contributed by atoms with Gasteiger partial charge in [-0.25, -0.2) is 0 Å². The lowest BCUT2D eigenvalue weighted by Gasteiger charge is -2.46. The first-order valence-electron chi connectivity index (χ1n) is 18.6. The van der Waals surface area contributed by atoms with Gasteiger partial charge in [0.25, 0.3) is 5.91 Å². The van der Waals surface area contributed by atoms with Gasteiger partial charge in [-0.15, -0.1) is 0 Å². The van der Waals surface area contributed by atoms with E-state index in [1.54, 1.807) is 30.1 Å². The number of amides is 2. The number of carbonyl (C=O) groups excluding carboxylic acids is 2. The van der Waals surface area contributed by atoms with Crippen LogP contribution in [0.4, 0.5) is 26.3 Å². The summed E-state index contributed by atoms with van der Waals surface area (Å²) in [4.78, 5) is 31.9. The summed E-state index contributed by atoms with van der Waals surface area (Å²) in [7, 11) is 1.77. The third-order valence-electron chi connectivity index (χ3n) is 11.5. The first kappa shape index (κ1) is 42.3. The third kappa shape index (κ3) is 9.02. The molecule has 3 aliphatic rings. The Hall–Kier alpha value is -3.36. The normalized spacial score (nSPS) is 21.3. The number of morpholine rings is 1. The van der Waals surface area contributed by atoms with Crippen molar-refractivity contribution in [3.8, 4) is 0 Å². The van der Waals surface area contributed by atoms with Crippen LogP contribution < -0.4 is 0 Å². The second kappa shape index (κ2) is 16.9. The molecule has 2 amide bonds. The highest BCUT2D eigenvalue weighted by molar-refractivity contribution is 6.42. The van der Waals surface area contributed by atoms with Crippen LogP contribution in [0, 0.1) is 6.92 Å². The first-order valence-corrected chi connectivity index (χ1v) is 19.4. The zero-order chi connectivity index (χ0) is 40.5. The largest absolute Gasteiger partial charge is 0.416 e. The predicted molar refractivity (Wildman–Crippen MR) is 201 cm³/mol. The minimum absolute atomic E-state index is 0.00220. The topological polar surface area (TPSA) is 62.3 Å². The molecule has 3 aromatic rings. The fraction of sp³-hybridized carbons (Fsp3) is 0.488. The number of likely N-dealkylation sites (tertiary alicyclic amines) is 1. The monoisotopic (exact) mass is 826 g/mol. The molecule has 15 heteroatoms. The van der Waals surface area contributed by atoms with Crippen LogP contribution in [-0.2, 0) is 44.1 Å². The van der Waals surface area contributed by atoms with Crippen molar-refractivity contribution in [3.05, 3.63) is 111 Å². The molecule has 0 saturated carbocycles. The van der Waals surface area contributed by atoms with Gasteiger partial charge in [0.1, 0.15) is 12.2 Å². The van der Waals surface area contributed by atoms with Crippen LogP contribution in [0.5, 0.6) is 0 Å². The van der Waals surface area contributed by atoms with Gasteiger partial charge < -0.3 is 24.2 Å². The molecule has 2 aliphatic heterocycles. The molecule has 6 rings (SSSR count). The molecule has 3 aromatic carbocycles. The molecule has 1 aliphatic carbocycles. The highest BCUT2D eigenvalue weighted by atomic mass is 35.5. The van der Waals surface area contributed by atoms with E-state index in [-0.39, 0.29) is 59.8 Å². The maximum atomic E-state index is 13.8. The molecule has 303 valence electrons. The van der Waals surface area contributed by atoms with E-state index in [4.69, 9.17) is 32.7 Å². The summed E-state index contributed by atoms with van der Waals surface area (Å²) < 4.78 is 95.0. The van der Waals surface area contributed by atoms with Crippen molar-refractivity contribution in [2.24, 2.45) is 0 Å². The number of hydrogen-bond acceptors (Lipinski definition) is 5. The molecule has 0 aromatic heterocycles. The second-order valence-electron chi connectivity index (χ2n) is 14.9. The molecule has 2 fully saturated rings. The highest BCUT2D eigenvalue weighted by Gasteiger charge is 2.50. The average molecular weight is 828 g/mol. The Kier molecular flexibility index (Phi) is 12.7. The van der Waals surface area contributed by atoms with Crippen molar-refractivity contribution in [2.45, 2.75) is 68.0 Å². The molecule has 0 unspecified atom stereocenters. The summed E-state index contributed by atoms with van der Waals surface area (Å²) in [6.07, 6.45) is -6.34. The number of likely N-dealkylation sites (N-methyl/N-ethyl adjacent to an activating group) is 1. The van der Waals surface area contributed by atoms with Gasteiger partial charge in [0.2, 0.25) is 5.91 Å². The Morgan fingerprint density at radius 3 is 2.27 bits per heavy atom. The number of halogens is 8. The molecule has 2 saturated heterocycles. The van der Waals surface area contributed by atoms with E-state index in [1.807, 2.05) is 12.1 Å². The Morgan fingerprint density at radius 2 is 1.62 bits per heavy atom. The fourth-order valence-corrected chi connectivity index (χ4v) is 8.60. The Balaban J connectivity index is 1.21. The van der Waals surface area contributed by atoms with Gasteiger partial charge in [0.15, 0.2) is 0 Å². The number of nitrogens with zero attached hydrogens (tertiary/aromatic N) is 3. The van der Waals surface area contributed by atoms with Crippen molar-refractivity contribution in [2.75, 3.05) is 59.5 Å². The van der Waals surface area contributed by atoms with Crippen molar-refractivity contribution >= 4 is 35.0 Å². The number of fused-ring (bicyclic) bond motifs is 2. The molecule has 2 atom stereocenters. The van der Waals surface area contributed by atoms with Gasteiger partial charge in [-0.2, -0.15) is 26.3 Å². The van der Waals surface area contributed by atoms with Crippen molar-refractivity contribution < 1.29 is 45.4 Å². The molecule has 7 nitrogen and oxygen atoms in total. The lowest BCUT2D eigenvalue weighted by Crippen LogP contribution is -2.54. The highest BCUT2D eigenvalue weighted by Crippen LogP contribution is 2.48. The van der Waals surface area contributed by atoms with E-state index >= 15 is 0 Å². The summed E-state index contributed by atoms with van der Waals surface area (Å²) in [6, 6.07) is 14.1. The third-order valence-corrected chi connectivity index (χ3v) is 12.2. The van der Waals surface area contributed by atoms with Crippen molar-refractivity contribution in [1.29, 1.82) is 0 Å². The Labute approximate surface area is 332 Å². The van der Waals surface area contributed by atoms with Crippen LogP contribution in [0.1, 0.15) is 70.3 Å². The number of hydrogen-bond donors (Lipinski definition) is 0. The summed E-state index contributed by atoms with van der Waals surface area (Å²) >= 11 is 12.7. The number of ether oxygens (including phenoxy) is 2. The van der Waals surface area contributed by atoms with Crippen LogP contribution in [0.25, 0.3) is 0 Å². The first-order chi connectivity index (χ1) is 26.5. The standard InChI is InChI=1S/C41H44Cl2F6N3O4/c1-3-4-14-50(2)36(53)25-55-35-22-27-7-5-6-8-32(27)38(35)11-15-51(16-12-38)17-13-39(29-9-10-33(42)34(43)24-29)26-52(18-19-56-39)37(54)28-20-30(40(44,45)46)23-31(21-28)41(47,48)49/h5-10,20-21,23-24,35H,1,3-4,11-19,22,25-26H2,2H3/t35-,39+/m0/s1. The number of benzene rings is 3. The maximum Gasteiger partial charge on any atom is 0.416 e. The lowest BCUT2D eigenvalue weighted by molar-refractivity contribution is -0.143. The van der Waals surface area contributed by atoms with E-state index in [2.05, 4.69) is 24.0 Å². The minimum Gasteiger partial charge on any atom is -0.367 e. The van der Waals surface area contributed by atoms with Gasteiger partial charge in [-0.3, -0.25) is 9.59 Å². The number of piperidine rings is 1. The zero-order valence-corrected chi connectivity index (χ0v) is 32.5. The molecule has 2 heterocycles. The number of alkyl halides is 6. The summed E-state index contributed by atoms with van der Waals surface area (Å²) in [5.41, 5.74) is -2.37. The predicted octanol–water partition coefficient (Wildman–Crippen LogP) is 8.84. The van der Waals surface area contributed by atoms with Crippen LogP contribution >= 0.6 is 23.2 Å². The van der Waals surface area contributed by atoms with Gasteiger partial charge in [-0.1, -0.05) is 66.9 Å². The number of unbranched alkanes of at least 4 members (excludes halogenated alkanes) is 1. The SMILES string of the molecule is [CH2]CCCN(C)C(=O)CO[C@H]1Cc2ccccc2C12CCN(CC[C@]1(c3ccc(Cl)c(Cl)c3)CN(C(=O)c3cc(C(F)(F)F)cc(C(F)(F)F)c3)CCO1)CC2. The Bertz CT molecular complexity index is 1870. The fourth-order valence-electron chi connectivity index (χ4n) is 8.30. The molecule has 0 N–H and O–H groups in total. The van der Waals surface area contributed by atoms with Gasteiger partial charge in [0, 0.05) is 37.7 Å². The summed E-state index contributed by atoms with van der Waals surface area (Å²) in [5.74, 6) is -1.06. The molecular weight excluding hydrogens is 783 g/mol. The molecule has 1 spiro atoms. The van der Waals surface area contributed by atoms with Gasteiger partial charge in [-0.05, 0) is 92.2 Å². The average Bonchev–Trinajstić information content (AvgIpc) is 3.47. The van der Waals surface area contributed by atoms with Gasteiger partial charge >= 0.3 is 12.4 Å². The second-order valence-corrected chi connectivity index (χ2v) is 15.7. The quantitative estimate of drug-likeness (QED) is 0.181. The minimum atomic E-state index is -5.11. The zero-order valence-electron chi connectivity index (χ0n) is 31.0. The van der Waals surface area contributed by atoms with E-state index in [1.165, 1.54) is 16.0 Å². The van der Waals surface area contributed by atoms with Crippen LogP contribution in [0.15, 0.2) is 60.7 Å². The number of rotatable bonds is 11. The van der Waals surface area contributed by atoms with E-state index < -0.39 is 40.6 Å². The molecule has 1 radical (unpaired) electrons. The molecular formula is C41H44Cl2F6N3O4. The van der Waals surface area contributed by atoms with E-state index in [0.717, 1.165) is 25.7 Å². The van der Waals surface area contributed by atoms with Crippen molar-refractivity contribution in [1.82, 2.24) is 14.7 Å². The van der Waals surface area contributed by atoms with E-state index in [0.29, 0.717) is 56.7 Å². The van der Waals surface area contributed by atoms with Crippen molar-refractivity contribution in [3.63, 3.8) is 0 Å². The number of carbonyl (C=O) groups is 2. The van der Waals surface area contributed by atoms with E-state index in [9.17, 15) is 35.9 Å². The Morgan fingerprint density at radius 1 is 0.946 bits per heavy atom. The van der Waals surface area contributed by atoms with Crippen LogP contribution in [0.2, 0.25) is 10.0 Å². The van der Waals surface area contributed by atoms with Crippen LogP contribution in [0.3, 0.4) is 0 Å². The summed E-state index contributed by atoms with van der Waals surface area (Å²) in [6.45, 7) is 6.05. The van der Waals surface area contributed by atoms with Crippen LogP contribution in [-0.4, -0.2) is 92.1 Å². The van der Waals surface area contributed by atoms with Gasteiger partial charge in [0.05, 0.1) is 40.4 Å². The smallest absolute Gasteiger partial charge is 0.367 e. The lowest BCUT2D eigenvalue weighted by atomic mass is 9.72. The molecule has 0 bridgehead atoms. The molecule has 56 heavy (non-hydrogen) atoms.